The Morgan fingerprint density at radius 2 is 0.833 bits per heavy atom. The molecular weight excluding hydrogens is 805 g/mol. The van der Waals surface area contributed by atoms with Crippen LogP contribution >= 0.6 is 0 Å². The number of pyridine rings is 1. The number of benzene rings is 9. The van der Waals surface area contributed by atoms with E-state index in [1.807, 2.05) is 48.9 Å². The van der Waals surface area contributed by atoms with Gasteiger partial charge in [-0.15, -0.1) is 0 Å². The largest absolute Gasteiger partial charge is 0.457 e. The number of aliphatic imine (C=N–C) groups is 1. The molecule has 5 heteroatoms. The SMILES string of the molecule is Cc1cccc2c3ccccc3c3ccccc3c3ccc(Oc4ccc5c6cccc7c8ccccc8c8ccccc8c8cccnc8n(c5c4)c76)cc3n(C=Nc3ccccc3)c12. The molecule has 13 rings (SSSR count). The van der Waals surface area contributed by atoms with Crippen LogP contribution in [0.25, 0.3) is 103 Å². The van der Waals surface area contributed by atoms with E-state index in [4.69, 9.17) is 14.7 Å². The number of nitrogens with zero attached hydrogens (tertiary/aromatic N) is 4. The summed E-state index contributed by atoms with van der Waals surface area (Å²) >= 11 is 0. The maximum Gasteiger partial charge on any atom is 0.145 e. The van der Waals surface area contributed by atoms with Crippen molar-refractivity contribution in [2.75, 3.05) is 0 Å². The smallest absolute Gasteiger partial charge is 0.145 e. The number of hydrogen-bond donors (Lipinski definition) is 0. The fraction of sp³-hybridized carbons (Fsp3) is 0.0164. The van der Waals surface area contributed by atoms with Crippen LogP contribution in [0.1, 0.15) is 5.56 Å². The van der Waals surface area contributed by atoms with Crippen LogP contribution in [0.5, 0.6) is 11.5 Å². The van der Waals surface area contributed by atoms with E-state index in [0.717, 1.165) is 98.6 Å². The predicted octanol–water partition coefficient (Wildman–Crippen LogP) is 16.5. The third-order valence-electron chi connectivity index (χ3n) is 13.2. The van der Waals surface area contributed by atoms with Gasteiger partial charge >= 0.3 is 0 Å². The van der Waals surface area contributed by atoms with Gasteiger partial charge in [-0.2, -0.15) is 0 Å². The summed E-state index contributed by atoms with van der Waals surface area (Å²) in [5.41, 5.74) is 7.02. The van der Waals surface area contributed by atoms with Gasteiger partial charge in [0.25, 0.3) is 0 Å². The molecular formula is C61H40N4O. The lowest BCUT2D eigenvalue weighted by molar-refractivity contribution is 0.484. The molecule has 13 aromatic rings. The highest BCUT2D eigenvalue weighted by Crippen LogP contribution is 2.41. The normalized spacial score (nSPS) is 12.0. The van der Waals surface area contributed by atoms with Gasteiger partial charge in [0.1, 0.15) is 23.5 Å². The van der Waals surface area contributed by atoms with Crippen molar-refractivity contribution in [1.29, 1.82) is 0 Å². The first-order chi connectivity index (χ1) is 32.7. The predicted molar refractivity (Wildman–Crippen MR) is 278 cm³/mol. The molecule has 0 aliphatic rings. The molecule has 9 aromatic carbocycles. The molecule has 0 aliphatic carbocycles. The molecule has 0 radical (unpaired) electrons. The van der Waals surface area contributed by atoms with Gasteiger partial charge < -0.3 is 4.74 Å². The second kappa shape index (κ2) is 15.2. The Hall–Kier alpha value is -8.80. The Balaban J connectivity index is 1.12. The highest BCUT2D eigenvalue weighted by atomic mass is 16.5. The van der Waals surface area contributed by atoms with Gasteiger partial charge in [0.05, 0.1) is 27.8 Å². The maximum absolute atomic E-state index is 7.05. The van der Waals surface area contributed by atoms with Crippen LogP contribution < -0.4 is 4.74 Å². The Morgan fingerprint density at radius 1 is 0.394 bits per heavy atom. The molecule has 0 fully saturated rings. The molecule has 0 unspecified atom stereocenters. The molecule has 0 spiro atoms. The van der Waals surface area contributed by atoms with Crippen molar-refractivity contribution in [3.05, 3.63) is 224 Å². The third kappa shape index (κ3) is 5.94. The average molecular weight is 845 g/mol. The van der Waals surface area contributed by atoms with E-state index >= 15 is 0 Å². The topological polar surface area (TPSA) is 43.8 Å². The van der Waals surface area contributed by atoms with Gasteiger partial charge in [0, 0.05) is 50.6 Å². The monoisotopic (exact) mass is 844 g/mol. The standard InChI is InChI=1S/C61H40N4O/c1-39-16-13-27-53-48-24-10-6-20-44(48)43-19-5-9-23-47(43)51-33-31-41(36-57(51)64(59(39)53)38-63-40-17-3-2-4-18-40)66-42-32-34-52-55-29-14-28-54-49-25-11-7-21-45(49)46-22-8-12-26-50(46)56-30-15-35-62-61(56)65(60(54)55)58(52)37-42/h2-38H,1H3. The average Bonchev–Trinajstić information content (AvgIpc) is 3.73. The highest BCUT2D eigenvalue weighted by molar-refractivity contribution is 6.25. The molecule has 0 saturated carbocycles. The molecule has 310 valence electrons. The lowest BCUT2D eigenvalue weighted by Crippen LogP contribution is -2.01. The van der Waals surface area contributed by atoms with Crippen molar-refractivity contribution in [1.82, 2.24) is 14.0 Å². The van der Waals surface area contributed by atoms with Crippen molar-refractivity contribution in [2.45, 2.75) is 6.92 Å². The van der Waals surface area contributed by atoms with Crippen molar-refractivity contribution in [3.63, 3.8) is 0 Å². The number of fused-ring (bicyclic) bond motifs is 17. The Morgan fingerprint density at radius 3 is 1.44 bits per heavy atom. The van der Waals surface area contributed by atoms with Gasteiger partial charge in [-0.3, -0.25) is 8.97 Å². The summed E-state index contributed by atoms with van der Waals surface area (Å²) < 4.78 is 11.7. The summed E-state index contributed by atoms with van der Waals surface area (Å²) in [6, 6.07) is 75.4. The van der Waals surface area contributed by atoms with Gasteiger partial charge in [0.15, 0.2) is 0 Å². The molecule has 66 heavy (non-hydrogen) atoms. The minimum Gasteiger partial charge on any atom is -0.457 e. The number of para-hydroxylation sites is 3. The number of hydrogen-bond acceptors (Lipinski definition) is 3. The van der Waals surface area contributed by atoms with Crippen molar-refractivity contribution in [2.24, 2.45) is 4.99 Å². The van der Waals surface area contributed by atoms with Crippen LogP contribution in [0, 0.1) is 6.92 Å². The van der Waals surface area contributed by atoms with Gasteiger partial charge in [0.2, 0.25) is 0 Å². The maximum atomic E-state index is 7.05. The van der Waals surface area contributed by atoms with Crippen molar-refractivity contribution < 1.29 is 4.74 Å². The van der Waals surface area contributed by atoms with Crippen LogP contribution in [0.3, 0.4) is 0 Å². The molecule has 0 bridgehead atoms. The number of aromatic nitrogens is 3. The Kier molecular flexibility index (Phi) is 8.68. The van der Waals surface area contributed by atoms with E-state index in [-0.39, 0.29) is 0 Å². The second-order valence-corrected chi connectivity index (χ2v) is 17.0. The first-order valence-corrected chi connectivity index (χ1v) is 22.4. The zero-order chi connectivity index (χ0) is 43.7. The molecule has 4 aromatic heterocycles. The van der Waals surface area contributed by atoms with Crippen molar-refractivity contribution in [3.8, 4) is 11.5 Å². The Bertz CT molecular complexity index is 4280. The third-order valence-corrected chi connectivity index (χ3v) is 13.2. The number of rotatable bonds is 4. The fourth-order valence-electron chi connectivity index (χ4n) is 10.4. The molecule has 0 aliphatic heterocycles. The molecule has 0 saturated heterocycles. The minimum absolute atomic E-state index is 0.707. The minimum atomic E-state index is 0.707. The summed E-state index contributed by atoms with van der Waals surface area (Å²) in [6.07, 6.45) is 3.87. The van der Waals surface area contributed by atoms with Gasteiger partial charge in [-0.1, -0.05) is 152 Å². The quantitative estimate of drug-likeness (QED) is 0.131. The van der Waals surface area contributed by atoms with Crippen LogP contribution in [-0.2, 0) is 0 Å². The van der Waals surface area contributed by atoms with Crippen LogP contribution in [-0.4, -0.2) is 20.3 Å². The van der Waals surface area contributed by atoms with Gasteiger partial charge in [-0.25, -0.2) is 9.98 Å². The molecule has 0 amide bonds. The van der Waals surface area contributed by atoms with E-state index in [0.29, 0.717) is 5.75 Å². The van der Waals surface area contributed by atoms with E-state index in [2.05, 4.69) is 192 Å². The second-order valence-electron chi connectivity index (χ2n) is 17.0. The first kappa shape index (κ1) is 37.7. The number of ether oxygens (including phenoxy) is 1. The van der Waals surface area contributed by atoms with Gasteiger partial charge in [-0.05, 0) is 104 Å². The van der Waals surface area contributed by atoms with Crippen LogP contribution in [0.2, 0.25) is 0 Å². The molecule has 4 heterocycles. The summed E-state index contributed by atoms with van der Waals surface area (Å²) in [4.78, 5) is 10.3. The fourth-order valence-corrected chi connectivity index (χ4v) is 10.4. The zero-order valence-corrected chi connectivity index (χ0v) is 36.1. The van der Waals surface area contributed by atoms with Crippen molar-refractivity contribution >= 4 is 115 Å². The summed E-state index contributed by atoms with van der Waals surface area (Å²) in [5, 5.41) is 16.0. The van der Waals surface area contributed by atoms with Crippen LogP contribution in [0.4, 0.5) is 5.69 Å². The number of aryl methyl sites for hydroxylation is 1. The zero-order valence-electron chi connectivity index (χ0n) is 36.1. The summed E-state index contributed by atoms with van der Waals surface area (Å²) in [7, 11) is 0. The lowest BCUT2D eigenvalue weighted by Gasteiger charge is -2.13. The summed E-state index contributed by atoms with van der Waals surface area (Å²) in [5.74, 6) is 1.43. The van der Waals surface area contributed by atoms with E-state index in [9.17, 15) is 0 Å². The first-order valence-electron chi connectivity index (χ1n) is 22.4. The van der Waals surface area contributed by atoms with Crippen LogP contribution in [0.15, 0.2) is 224 Å². The highest BCUT2D eigenvalue weighted by Gasteiger charge is 2.17. The van der Waals surface area contributed by atoms with E-state index < -0.39 is 0 Å². The molecule has 0 N–H and O–H groups in total. The lowest BCUT2D eigenvalue weighted by atomic mass is 10.0. The molecule has 0 atom stereocenters. The Labute approximate surface area is 379 Å². The molecule has 5 nitrogen and oxygen atoms in total. The van der Waals surface area contributed by atoms with E-state index in [1.165, 1.54) is 21.5 Å². The summed E-state index contributed by atoms with van der Waals surface area (Å²) in [6.45, 7) is 2.18. The van der Waals surface area contributed by atoms with E-state index in [1.54, 1.807) is 0 Å².